The summed E-state index contributed by atoms with van der Waals surface area (Å²) in [5.74, 6) is 1.24. The maximum atomic E-state index is 12.3. The molecular formula is C15H18N6O. The van der Waals surface area contributed by atoms with Crippen LogP contribution in [0.15, 0.2) is 30.5 Å². The molecule has 0 aliphatic carbocycles. The van der Waals surface area contributed by atoms with Gasteiger partial charge in [0.15, 0.2) is 5.82 Å². The van der Waals surface area contributed by atoms with Crippen LogP contribution in [-0.2, 0) is 11.3 Å². The van der Waals surface area contributed by atoms with Gasteiger partial charge in [-0.2, -0.15) is 10.2 Å². The Morgan fingerprint density at radius 2 is 2.23 bits per heavy atom. The maximum Gasteiger partial charge on any atom is 0.242 e. The lowest BCUT2D eigenvalue weighted by molar-refractivity contribution is -0.122. The van der Waals surface area contributed by atoms with E-state index in [0.717, 1.165) is 23.1 Å². The highest BCUT2D eigenvalue weighted by Crippen LogP contribution is 2.14. The summed E-state index contributed by atoms with van der Waals surface area (Å²) in [4.78, 5) is 16.5. The van der Waals surface area contributed by atoms with Gasteiger partial charge in [-0.3, -0.25) is 14.6 Å². The minimum Gasteiger partial charge on any atom is -0.344 e. The number of benzene rings is 1. The molecule has 2 N–H and O–H groups in total. The summed E-state index contributed by atoms with van der Waals surface area (Å²) in [6, 6.07) is 7.61. The second-order valence-electron chi connectivity index (χ2n) is 5.17. The summed E-state index contributed by atoms with van der Waals surface area (Å²) in [6.45, 7) is 3.99. The SMILES string of the molecule is CCC(NC(=O)Cn1ncc2ccccc21)c1n[nH]c(C)n1. The molecule has 0 spiro atoms. The van der Waals surface area contributed by atoms with E-state index < -0.39 is 0 Å². The van der Waals surface area contributed by atoms with Gasteiger partial charge in [0.05, 0.1) is 17.8 Å². The fraction of sp³-hybridized carbons (Fsp3) is 0.333. The molecule has 114 valence electrons. The van der Waals surface area contributed by atoms with Crippen LogP contribution in [-0.4, -0.2) is 30.9 Å². The summed E-state index contributed by atoms with van der Waals surface area (Å²) in [5, 5.41) is 15.1. The van der Waals surface area contributed by atoms with Crippen molar-refractivity contribution in [3.05, 3.63) is 42.1 Å². The van der Waals surface area contributed by atoms with Gasteiger partial charge in [-0.15, -0.1) is 0 Å². The number of H-pyrrole nitrogens is 1. The number of aryl methyl sites for hydroxylation is 1. The number of aromatic amines is 1. The first-order chi connectivity index (χ1) is 10.7. The minimum atomic E-state index is -0.195. The summed E-state index contributed by atoms with van der Waals surface area (Å²) < 4.78 is 1.70. The Morgan fingerprint density at radius 3 is 2.95 bits per heavy atom. The van der Waals surface area contributed by atoms with Crippen molar-refractivity contribution in [3.63, 3.8) is 0 Å². The van der Waals surface area contributed by atoms with E-state index in [4.69, 9.17) is 0 Å². The van der Waals surface area contributed by atoms with E-state index in [1.165, 1.54) is 0 Å². The Balaban J connectivity index is 1.71. The van der Waals surface area contributed by atoms with Crippen molar-refractivity contribution in [3.8, 4) is 0 Å². The molecule has 7 heteroatoms. The predicted molar refractivity (Wildman–Crippen MR) is 82.0 cm³/mol. The number of rotatable bonds is 5. The van der Waals surface area contributed by atoms with Gasteiger partial charge >= 0.3 is 0 Å². The number of fused-ring (bicyclic) bond motifs is 1. The van der Waals surface area contributed by atoms with Crippen LogP contribution in [0, 0.1) is 6.92 Å². The third-order valence-electron chi connectivity index (χ3n) is 3.51. The first-order valence-corrected chi connectivity index (χ1v) is 7.26. The molecule has 22 heavy (non-hydrogen) atoms. The maximum absolute atomic E-state index is 12.3. The van der Waals surface area contributed by atoms with E-state index >= 15 is 0 Å². The second-order valence-corrected chi connectivity index (χ2v) is 5.17. The molecule has 1 aromatic carbocycles. The molecule has 3 rings (SSSR count). The number of carbonyl (C=O) groups is 1. The highest BCUT2D eigenvalue weighted by atomic mass is 16.2. The van der Waals surface area contributed by atoms with Crippen LogP contribution in [0.2, 0.25) is 0 Å². The molecule has 0 saturated carbocycles. The fourth-order valence-corrected chi connectivity index (χ4v) is 2.39. The van der Waals surface area contributed by atoms with E-state index in [2.05, 4.69) is 25.6 Å². The zero-order valence-corrected chi connectivity index (χ0v) is 12.6. The number of nitrogens with one attached hydrogen (secondary N) is 2. The van der Waals surface area contributed by atoms with Crippen molar-refractivity contribution in [1.29, 1.82) is 0 Å². The van der Waals surface area contributed by atoms with Gasteiger partial charge < -0.3 is 5.32 Å². The summed E-state index contributed by atoms with van der Waals surface area (Å²) in [5.41, 5.74) is 0.944. The lowest BCUT2D eigenvalue weighted by atomic mass is 10.2. The summed E-state index contributed by atoms with van der Waals surface area (Å²) >= 11 is 0. The molecule has 1 atom stereocenters. The average Bonchev–Trinajstić information content (AvgIpc) is 3.12. The van der Waals surface area contributed by atoms with Crippen LogP contribution in [0.1, 0.15) is 31.0 Å². The van der Waals surface area contributed by atoms with Gasteiger partial charge in [0, 0.05) is 5.39 Å². The van der Waals surface area contributed by atoms with E-state index in [9.17, 15) is 4.79 Å². The Kier molecular flexibility index (Phi) is 3.86. The van der Waals surface area contributed by atoms with Crippen LogP contribution in [0.25, 0.3) is 10.9 Å². The Hall–Kier alpha value is -2.70. The topological polar surface area (TPSA) is 88.5 Å². The number of carbonyl (C=O) groups excluding carboxylic acids is 1. The van der Waals surface area contributed by atoms with Crippen LogP contribution in [0.3, 0.4) is 0 Å². The summed E-state index contributed by atoms with van der Waals surface area (Å²) in [6.07, 6.45) is 2.49. The van der Waals surface area contributed by atoms with E-state index in [1.54, 1.807) is 10.9 Å². The molecule has 0 saturated heterocycles. The molecule has 2 aromatic heterocycles. The molecule has 3 aromatic rings. The van der Waals surface area contributed by atoms with Crippen molar-refractivity contribution in [2.75, 3.05) is 0 Å². The standard InChI is InChI=1S/C15H18N6O/c1-3-12(15-17-10(2)19-20-15)18-14(22)9-21-13-7-5-4-6-11(13)8-16-21/h4-8,12H,3,9H2,1-2H3,(H,18,22)(H,17,19,20). The Labute approximate surface area is 127 Å². The van der Waals surface area contributed by atoms with Gasteiger partial charge in [-0.1, -0.05) is 25.1 Å². The quantitative estimate of drug-likeness (QED) is 0.751. The fourth-order valence-electron chi connectivity index (χ4n) is 2.39. The van der Waals surface area contributed by atoms with Gasteiger partial charge in [0.25, 0.3) is 0 Å². The largest absolute Gasteiger partial charge is 0.344 e. The van der Waals surface area contributed by atoms with Crippen LogP contribution >= 0.6 is 0 Å². The molecule has 0 aliphatic heterocycles. The lowest BCUT2D eigenvalue weighted by Crippen LogP contribution is -2.32. The highest BCUT2D eigenvalue weighted by molar-refractivity contribution is 5.82. The molecule has 0 radical (unpaired) electrons. The van der Waals surface area contributed by atoms with Gasteiger partial charge in [0.1, 0.15) is 12.4 Å². The zero-order valence-electron chi connectivity index (χ0n) is 12.6. The van der Waals surface area contributed by atoms with Crippen molar-refractivity contribution in [2.45, 2.75) is 32.9 Å². The number of nitrogens with zero attached hydrogens (tertiary/aromatic N) is 4. The molecule has 0 aliphatic rings. The summed E-state index contributed by atoms with van der Waals surface area (Å²) in [7, 11) is 0. The van der Waals surface area contributed by atoms with Gasteiger partial charge in [-0.05, 0) is 19.4 Å². The number of hydrogen-bond acceptors (Lipinski definition) is 4. The molecule has 7 nitrogen and oxygen atoms in total. The van der Waals surface area contributed by atoms with Crippen molar-refractivity contribution >= 4 is 16.8 Å². The van der Waals surface area contributed by atoms with Crippen molar-refractivity contribution < 1.29 is 4.79 Å². The normalized spacial score (nSPS) is 12.5. The molecule has 0 bridgehead atoms. The first-order valence-electron chi connectivity index (χ1n) is 7.26. The smallest absolute Gasteiger partial charge is 0.242 e. The highest BCUT2D eigenvalue weighted by Gasteiger charge is 2.17. The second kappa shape index (κ2) is 5.97. The van der Waals surface area contributed by atoms with Crippen LogP contribution in [0.5, 0.6) is 0 Å². The third-order valence-corrected chi connectivity index (χ3v) is 3.51. The van der Waals surface area contributed by atoms with E-state index in [0.29, 0.717) is 5.82 Å². The number of amides is 1. The average molecular weight is 298 g/mol. The van der Waals surface area contributed by atoms with E-state index in [-0.39, 0.29) is 18.5 Å². The van der Waals surface area contributed by atoms with Crippen molar-refractivity contribution in [1.82, 2.24) is 30.3 Å². The van der Waals surface area contributed by atoms with Crippen molar-refractivity contribution in [2.24, 2.45) is 0 Å². The van der Waals surface area contributed by atoms with E-state index in [1.807, 2.05) is 38.1 Å². The number of para-hydroxylation sites is 1. The number of aromatic nitrogens is 5. The van der Waals surface area contributed by atoms with Gasteiger partial charge in [0.2, 0.25) is 5.91 Å². The Bertz CT molecular complexity index is 790. The lowest BCUT2D eigenvalue weighted by Gasteiger charge is -2.13. The molecule has 1 amide bonds. The number of hydrogen-bond donors (Lipinski definition) is 2. The zero-order chi connectivity index (χ0) is 15.5. The minimum absolute atomic E-state index is 0.108. The van der Waals surface area contributed by atoms with Gasteiger partial charge in [-0.25, -0.2) is 4.98 Å². The first kappa shape index (κ1) is 14.2. The molecule has 2 heterocycles. The predicted octanol–water partition coefficient (Wildman–Crippen LogP) is 1.73. The monoisotopic (exact) mass is 298 g/mol. The van der Waals surface area contributed by atoms with Crippen LogP contribution in [0.4, 0.5) is 0 Å². The third kappa shape index (κ3) is 2.83. The van der Waals surface area contributed by atoms with Crippen LogP contribution < -0.4 is 5.32 Å². The molecular weight excluding hydrogens is 280 g/mol. The molecule has 1 unspecified atom stereocenters. The Morgan fingerprint density at radius 1 is 1.41 bits per heavy atom. The molecule has 0 fully saturated rings.